The third-order valence-electron chi connectivity index (χ3n) is 3.08. The number of hydrogen-bond acceptors (Lipinski definition) is 4. The number of hydrogen-bond donors (Lipinski definition) is 1. The summed E-state index contributed by atoms with van der Waals surface area (Å²) in [7, 11) is -0.986. The number of benzene rings is 2. The van der Waals surface area contributed by atoms with Crippen LogP contribution < -0.4 is 5.32 Å². The number of nitrogens with one attached hydrogen (secondary N) is 1. The Kier molecular flexibility index (Phi) is 5.51. The zero-order chi connectivity index (χ0) is 16.1. The summed E-state index contributed by atoms with van der Waals surface area (Å²) < 4.78 is 11.3. The Hall–Kier alpha value is -1.92. The van der Waals surface area contributed by atoms with Gasteiger partial charge in [-0.15, -0.1) is 0 Å². The third kappa shape index (κ3) is 4.29. The summed E-state index contributed by atoms with van der Waals surface area (Å²) in [4.78, 5) is 10.6. The summed E-state index contributed by atoms with van der Waals surface area (Å²) in [5, 5.41) is 14.7. The highest BCUT2D eigenvalue weighted by molar-refractivity contribution is 7.83. The van der Waals surface area contributed by atoms with Crippen LogP contribution in [-0.2, 0) is 23.1 Å². The van der Waals surface area contributed by atoms with Crippen molar-refractivity contribution in [3.05, 3.63) is 68.7 Å². The second-order valence-electron chi connectivity index (χ2n) is 4.76. The topological polar surface area (TPSA) is 72.2 Å². The van der Waals surface area contributed by atoms with E-state index in [1.165, 1.54) is 6.07 Å². The molecule has 2 aromatic carbocycles. The zero-order valence-electron chi connectivity index (χ0n) is 11.9. The van der Waals surface area contributed by atoms with Crippen LogP contribution in [0.25, 0.3) is 0 Å². The molecule has 0 aromatic heterocycles. The largest absolute Gasteiger partial charge is 0.381 e. The van der Waals surface area contributed by atoms with Gasteiger partial charge < -0.3 is 5.32 Å². The molecule has 0 aliphatic rings. The SMILES string of the molecule is C[S@@](=O)Cc1cc(NCc2ccccc2[N+](=O)[O-])ccc1Cl. The minimum absolute atomic E-state index is 0.0823. The van der Waals surface area contributed by atoms with E-state index < -0.39 is 15.7 Å². The van der Waals surface area contributed by atoms with E-state index in [4.69, 9.17) is 11.6 Å². The normalized spacial score (nSPS) is 11.9. The van der Waals surface area contributed by atoms with Crippen molar-refractivity contribution >= 4 is 33.8 Å². The smallest absolute Gasteiger partial charge is 0.274 e. The lowest BCUT2D eigenvalue weighted by Gasteiger charge is -2.10. The Balaban J connectivity index is 2.15. The molecule has 2 aromatic rings. The van der Waals surface area contributed by atoms with Crippen LogP contribution >= 0.6 is 11.6 Å². The summed E-state index contributed by atoms with van der Waals surface area (Å²) in [5.41, 5.74) is 2.25. The molecule has 0 fully saturated rings. The molecule has 1 N–H and O–H groups in total. The Morgan fingerprint density at radius 2 is 1.95 bits per heavy atom. The van der Waals surface area contributed by atoms with E-state index in [0.29, 0.717) is 22.9 Å². The molecule has 116 valence electrons. The molecule has 0 aliphatic carbocycles. The Morgan fingerprint density at radius 3 is 2.64 bits per heavy atom. The molecule has 0 saturated carbocycles. The van der Waals surface area contributed by atoms with E-state index in [2.05, 4.69) is 5.32 Å². The minimum Gasteiger partial charge on any atom is -0.381 e. The number of halogens is 1. The molecule has 0 saturated heterocycles. The van der Waals surface area contributed by atoms with E-state index >= 15 is 0 Å². The summed E-state index contributed by atoms with van der Waals surface area (Å²) in [6.07, 6.45) is 1.61. The number of anilines is 1. The first-order valence-corrected chi connectivity index (χ1v) is 8.62. The fraction of sp³-hybridized carbons (Fsp3) is 0.200. The average Bonchev–Trinajstić information content (AvgIpc) is 2.47. The molecular weight excluding hydrogens is 324 g/mol. The molecule has 0 spiro atoms. The second-order valence-corrected chi connectivity index (χ2v) is 6.61. The fourth-order valence-electron chi connectivity index (χ4n) is 2.05. The van der Waals surface area contributed by atoms with E-state index in [1.807, 2.05) is 6.07 Å². The first-order chi connectivity index (χ1) is 10.5. The molecule has 7 heteroatoms. The Labute approximate surface area is 135 Å². The van der Waals surface area contributed by atoms with Crippen molar-refractivity contribution in [3.63, 3.8) is 0 Å². The van der Waals surface area contributed by atoms with Gasteiger partial charge in [0.1, 0.15) is 0 Å². The number of nitro groups is 1. The maximum Gasteiger partial charge on any atom is 0.274 e. The molecule has 0 bridgehead atoms. The highest BCUT2D eigenvalue weighted by Crippen LogP contribution is 2.23. The van der Waals surface area contributed by atoms with Crippen LogP contribution in [0.2, 0.25) is 5.02 Å². The van der Waals surface area contributed by atoms with Crippen LogP contribution in [0, 0.1) is 10.1 Å². The number of nitro benzene ring substituents is 1. The second kappa shape index (κ2) is 7.38. The lowest BCUT2D eigenvalue weighted by Crippen LogP contribution is -2.03. The van der Waals surface area contributed by atoms with E-state index in [1.54, 1.807) is 36.6 Å². The molecule has 2 rings (SSSR count). The average molecular weight is 339 g/mol. The van der Waals surface area contributed by atoms with Crippen molar-refractivity contribution in [3.8, 4) is 0 Å². The monoisotopic (exact) mass is 338 g/mol. The predicted molar refractivity (Wildman–Crippen MR) is 89.6 cm³/mol. The molecule has 1 atom stereocenters. The van der Waals surface area contributed by atoms with Gasteiger partial charge in [-0.3, -0.25) is 14.3 Å². The standard InChI is InChI=1S/C15H15ClN2O3S/c1-22(21)10-12-8-13(6-7-14(12)16)17-9-11-4-2-3-5-15(11)18(19)20/h2-8,17H,9-10H2,1H3/t22-/m1/s1. The molecule has 0 unspecified atom stereocenters. The van der Waals surface area contributed by atoms with Crippen LogP contribution in [0.4, 0.5) is 11.4 Å². The van der Waals surface area contributed by atoms with Gasteiger partial charge in [-0.05, 0) is 23.8 Å². The molecule has 22 heavy (non-hydrogen) atoms. The van der Waals surface area contributed by atoms with Gasteiger partial charge in [-0.1, -0.05) is 29.8 Å². The number of nitrogens with zero attached hydrogens (tertiary/aromatic N) is 1. The van der Waals surface area contributed by atoms with Crippen molar-refractivity contribution < 1.29 is 9.13 Å². The summed E-state index contributed by atoms with van der Waals surface area (Å²) in [6.45, 7) is 0.327. The van der Waals surface area contributed by atoms with Crippen molar-refractivity contribution in [2.24, 2.45) is 0 Å². The maximum absolute atomic E-state index is 11.3. The van der Waals surface area contributed by atoms with E-state index in [-0.39, 0.29) is 5.69 Å². The summed E-state index contributed by atoms with van der Waals surface area (Å²) in [6, 6.07) is 11.9. The summed E-state index contributed by atoms with van der Waals surface area (Å²) in [5.74, 6) is 0.375. The van der Waals surface area contributed by atoms with Crippen molar-refractivity contribution in [1.29, 1.82) is 0 Å². The van der Waals surface area contributed by atoms with Gasteiger partial charge in [-0.2, -0.15) is 0 Å². The van der Waals surface area contributed by atoms with Crippen molar-refractivity contribution in [2.45, 2.75) is 12.3 Å². The van der Waals surface area contributed by atoms with Crippen molar-refractivity contribution in [2.75, 3.05) is 11.6 Å². The molecule has 0 aliphatic heterocycles. The lowest BCUT2D eigenvalue weighted by molar-refractivity contribution is -0.385. The summed E-state index contributed by atoms with van der Waals surface area (Å²) >= 11 is 6.07. The Bertz CT molecular complexity index is 722. The quantitative estimate of drug-likeness (QED) is 0.643. The number of rotatable bonds is 6. The maximum atomic E-state index is 11.3. The van der Waals surface area contributed by atoms with Gasteiger partial charge in [0.05, 0.1) is 4.92 Å². The van der Waals surface area contributed by atoms with E-state index in [0.717, 1.165) is 11.3 Å². The van der Waals surface area contributed by atoms with Gasteiger partial charge >= 0.3 is 0 Å². The predicted octanol–water partition coefficient (Wildman–Crippen LogP) is 3.74. The molecule has 0 heterocycles. The third-order valence-corrected chi connectivity index (χ3v) is 4.16. The van der Waals surface area contributed by atoms with Gasteiger partial charge in [0, 0.05) is 51.7 Å². The van der Waals surface area contributed by atoms with Crippen LogP contribution in [0.15, 0.2) is 42.5 Å². The van der Waals surface area contributed by atoms with Gasteiger partial charge in [0.25, 0.3) is 5.69 Å². The van der Waals surface area contributed by atoms with Gasteiger partial charge in [0.2, 0.25) is 0 Å². The molecule has 0 amide bonds. The van der Waals surface area contributed by atoms with Crippen LogP contribution in [0.5, 0.6) is 0 Å². The Morgan fingerprint density at radius 1 is 1.23 bits per heavy atom. The zero-order valence-corrected chi connectivity index (χ0v) is 13.5. The number of para-hydroxylation sites is 1. The lowest BCUT2D eigenvalue weighted by atomic mass is 10.1. The van der Waals surface area contributed by atoms with Gasteiger partial charge in [-0.25, -0.2) is 0 Å². The molecule has 0 radical (unpaired) electrons. The first-order valence-electron chi connectivity index (χ1n) is 6.52. The van der Waals surface area contributed by atoms with Crippen LogP contribution in [0.3, 0.4) is 0 Å². The fourth-order valence-corrected chi connectivity index (χ4v) is 2.99. The highest BCUT2D eigenvalue weighted by atomic mass is 35.5. The van der Waals surface area contributed by atoms with E-state index in [9.17, 15) is 14.3 Å². The molecular formula is C15H15ClN2O3S. The minimum atomic E-state index is -0.986. The van der Waals surface area contributed by atoms with Gasteiger partial charge in [0.15, 0.2) is 0 Å². The molecule has 5 nitrogen and oxygen atoms in total. The van der Waals surface area contributed by atoms with Crippen LogP contribution in [-0.4, -0.2) is 15.4 Å². The van der Waals surface area contributed by atoms with Crippen LogP contribution in [0.1, 0.15) is 11.1 Å². The van der Waals surface area contributed by atoms with Crippen molar-refractivity contribution in [1.82, 2.24) is 0 Å². The first kappa shape index (κ1) is 16.5. The highest BCUT2D eigenvalue weighted by Gasteiger charge is 2.12.